The van der Waals surface area contributed by atoms with E-state index in [9.17, 15) is 4.79 Å². The van der Waals surface area contributed by atoms with Gasteiger partial charge in [-0.3, -0.25) is 9.69 Å². The first-order valence-corrected chi connectivity index (χ1v) is 10.2. The zero-order chi connectivity index (χ0) is 18.4. The molecule has 1 aliphatic rings. The van der Waals surface area contributed by atoms with E-state index in [0.29, 0.717) is 11.8 Å². The van der Waals surface area contributed by atoms with E-state index in [1.807, 2.05) is 15.5 Å². The Morgan fingerprint density at radius 2 is 1.96 bits per heavy atom. The predicted molar refractivity (Wildman–Crippen MR) is 104 cm³/mol. The van der Waals surface area contributed by atoms with E-state index in [0.717, 1.165) is 44.3 Å². The van der Waals surface area contributed by atoms with Crippen LogP contribution < -0.4 is 0 Å². The fourth-order valence-corrected chi connectivity index (χ4v) is 4.07. The third-order valence-corrected chi connectivity index (χ3v) is 5.55. The SMILES string of the molecule is CC(C)n1cnnc1SCC(=O)N1CCCN(Cc2ccccc2)CC1. The summed E-state index contributed by atoms with van der Waals surface area (Å²) < 4.78 is 2.00. The molecule has 0 unspecified atom stereocenters. The molecule has 1 aromatic heterocycles. The molecule has 140 valence electrons. The highest BCUT2D eigenvalue weighted by molar-refractivity contribution is 7.99. The molecule has 0 saturated carbocycles. The Hall–Kier alpha value is -1.86. The summed E-state index contributed by atoms with van der Waals surface area (Å²) in [5, 5.41) is 8.90. The Kier molecular flexibility index (Phi) is 6.68. The van der Waals surface area contributed by atoms with Gasteiger partial charge in [0, 0.05) is 38.8 Å². The molecule has 7 heteroatoms. The van der Waals surface area contributed by atoms with Gasteiger partial charge < -0.3 is 9.47 Å². The Bertz CT molecular complexity index is 703. The highest BCUT2D eigenvalue weighted by Gasteiger charge is 2.20. The van der Waals surface area contributed by atoms with Crippen LogP contribution in [0.4, 0.5) is 0 Å². The minimum Gasteiger partial charge on any atom is -0.341 e. The zero-order valence-electron chi connectivity index (χ0n) is 15.5. The predicted octanol–water partition coefficient (Wildman–Crippen LogP) is 2.69. The second-order valence-corrected chi connectivity index (χ2v) is 7.84. The molecule has 1 fully saturated rings. The zero-order valence-corrected chi connectivity index (χ0v) is 16.4. The first-order valence-electron chi connectivity index (χ1n) is 9.20. The second kappa shape index (κ2) is 9.19. The van der Waals surface area contributed by atoms with Gasteiger partial charge in [-0.2, -0.15) is 0 Å². The number of amides is 1. The monoisotopic (exact) mass is 373 g/mol. The van der Waals surface area contributed by atoms with Crippen LogP contribution in [0, 0.1) is 0 Å². The minimum atomic E-state index is 0.190. The number of aromatic nitrogens is 3. The van der Waals surface area contributed by atoms with Crippen LogP contribution in [0.15, 0.2) is 41.8 Å². The van der Waals surface area contributed by atoms with E-state index in [-0.39, 0.29) is 5.91 Å². The van der Waals surface area contributed by atoms with Crippen LogP contribution in [-0.2, 0) is 11.3 Å². The van der Waals surface area contributed by atoms with Gasteiger partial charge in [-0.15, -0.1) is 10.2 Å². The largest absolute Gasteiger partial charge is 0.341 e. The Labute approximate surface area is 159 Å². The van der Waals surface area contributed by atoms with Crippen LogP contribution in [0.5, 0.6) is 0 Å². The maximum absolute atomic E-state index is 12.6. The van der Waals surface area contributed by atoms with Crippen molar-refractivity contribution in [2.24, 2.45) is 0 Å². The molecule has 0 bridgehead atoms. The number of carbonyl (C=O) groups excluding carboxylic acids is 1. The average molecular weight is 374 g/mol. The van der Waals surface area contributed by atoms with Crippen molar-refractivity contribution in [3.63, 3.8) is 0 Å². The van der Waals surface area contributed by atoms with Crippen molar-refractivity contribution in [1.82, 2.24) is 24.6 Å². The highest BCUT2D eigenvalue weighted by Crippen LogP contribution is 2.19. The number of hydrogen-bond acceptors (Lipinski definition) is 5. The molecule has 1 aromatic carbocycles. The molecule has 0 aliphatic carbocycles. The normalized spacial score (nSPS) is 16.0. The molecule has 0 spiro atoms. The van der Waals surface area contributed by atoms with Crippen LogP contribution in [0.1, 0.15) is 31.9 Å². The number of hydrogen-bond donors (Lipinski definition) is 0. The van der Waals surface area contributed by atoms with E-state index in [4.69, 9.17) is 0 Å². The van der Waals surface area contributed by atoms with Crippen molar-refractivity contribution in [3.05, 3.63) is 42.2 Å². The van der Waals surface area contributed by atoms with Crippen LogP contribution in [0.2, 0.25) is 0 Å². The Morgan fingerprint density at radius 1 is 1.15 bits per heavy atom. The summed E-state index contributed by atoms with van der Waals surface area (Å²) in [6, 6.07) is 10.8. The van der Waals surface area contributed by atoms with Crippen molar-refractivity contribution in [2.75, 3.05) is 31.9 Å². The summed E-state index contributed by atoms with van der Waals surface area (Å²) in [7, 11) is 0. The first kappa shape index (κ1) is 18.9. The lowest BCUT2D eigenvalue weighted by Crippen LogP contribution is -2.36. The number of thioether (sulfide) groups is 1. The third-order valence-electron chi connectivity index (χ3n) is 4.61. The number of nitrogens with zero attached hydrogens (tertiary/aromatic N) is 5. The summed E-state index contributed by atoms with van der Waals surface area (Å²) in [4.78, 5) is 17.1. The van der Waals surface area contributed by atoms with E-state index in [1.54, 1.807) is 6.33 Å². The molecule has 3 rings (SSSR count). The Morgan fingerprint density at radius 3 is 2.73 bits per heavy atom. The van der Waals surface area contributed by atoms with Crippen LogP contribution in [0.3, 0.4) is 0 Å². The van der Waals surface area contributed by atoms with Gasteiger partial charge in [0.05, 0.1) is 5.75 Å². The molecule has 1 saturated heterocycles. The van der Waals surface area contributed by atoms with E-state index in [1.165, 1.54) is 17.3 Å². The average Bonchev–Trinajstić information content (AvgIpc) is 3.00. The molecule has 6 nitrogen and oxygen atoms in total. The van der Waals surface area contributed by atoms with Crippen LogP contribution >= 0.6 is 11.8 Å². The van der Waals surface area contributed by atoms with Crippen LogP contribution in [0.25, 0.3) is 0 Å². The smallest absolute Gasteiger partial charge is 0.233 e. The molecular weight excluding hydrogens is 346 g/mol. The second-order valence-electron chi connectivity index (χ2n) is 6.90. The van der Waals surface area contributed by atoms with Crippen molar-refractivity contribution in [1.29, 1.82) is 0 Å². The van der Waals surface area contributed by atoms with Gasteiger partial charge in [0.15, 0.2) is 5.16 Å². The van der Waals surface area contributed by atoms with Gasteiger partial charge >= 0.3 is 0 Å². The van der Waals surface area contributed by atoms with Gasteiger partial charge in [-0.25, -0.2) is 0 Å². The molecule has 0 radical (unpaired) electrons. The maximum atomic E-state index is 12.6. The summed E-state index contributed by atoms with van der Waals surface area (Å²) >= 11 is 1.48. The van der Waals surface area contributed by atoms with Gasteiger partial charge in [0.2, 0.25) is 5.91 Å². The molecular formula is C19H27N5OS. The van der Waals surface area contributed by atoms with Crippen molar-refractivity contribution in [3.8, 4) is 0 Å². The lowest BCUT2D eigenvalue weighted by Gasteiger charge is -2.22. The lowest BCUT2D eigenvalue weighted by atomic mass is 10.2. The summed E-state index contributed by atoms with van der Waals surface area (Å²) in [5.41, 5.74) is 1.33. The van der Waals surface area contributed by atoms with Crippen molar-refractivity contribution < 1.29 is 4.79 Å². The maximum Gasteiger partial charge on any atom is 0.233 e. The molecule has 0 N–H and O–H groups in total. The molecule has 0 atom stereocenters. The molecule has 1 amide bonds. The highest BCUT2D eigenvalue weighted by atomic mass is 32.2. The Balaban J connectivity index is 1.49. The molecule has 26 heavy (non-hydrogen) atoms. The van der Waals surface area contributed by atoms with Gasteiger partial charge in [0.25, 0.3) is 0 Å². The van der Waals surface area contributed by atoms with Gasteiger partial charge in [0.1, 0.15) is 6.33 Å². The summed E-state index contributed by atoms with van der Waals surface area (Å²) in [5.74, 6) is 0.610. The van der Waals surface area contributed by atoms with Gasteiger partial charge in [-0.1, -0.05) is 42.1 Å². The quantitative estimate of drug-likeness (QED) is 0.729. The topological polar surface area (TPSA) is 54.3 Å². The summed E-state index contributed by atoms with van der Waals surface area (Å²) in [6.07, 6.45) is 2.75. The van der Waals surface area contributed by atoms with Crippen LogP contribution in [-0.4, -0.2) is 62.4 Å². The van der Waals surface area contributed by atoms with Gasteiger partial charge in [-0.05, 0) is 25.8 Å². The standard InChI is InChI=1S/C19H27N5OS/c1-16(2)24-15-20-21-19(24)26-14-18(25)23-10-6-9-22(11-12-23)13-17-7-4-3-5-8-17/h3-5,7-8,15-16H,6,9-14H2,1-2H3. The van der Waals surface area contributed by atoms with Crippen molar-refractivity contribution >= 4 is 17.7 Å². The summed E-state index contributed by atoms with van der Waals surface area (Å²) in [6.45, 7) is 8.72. The third kappa shape index (κ3) is 5.08. The number of carbonyl (C=O) groups is 1. The lowest BCUT2D eigenvalue weighted by molar-refractivity contribution is -0.128. The number of rotatable bonds is 6. The van der Waals surface area contributed by atoms with E-state index < -0.39 is 0 Å². The molecule has 1 aliphatic heterocycles. The minimum absolute atomic E-state index is 0.190. The number of benzene rings is 1. The first-order chi connectivity index (χ1) is 12.6. The van der Waals surface area contributed by atoms with E-state index >= 15 is 0 Å². The van der Waals surface area contributed by atoms with Crippen molar-refractivity contribution in [2.45, 2.75) is 38.0 Å². The fourth-order valence-electron chi connectivity index (χ4n) is 3.13. The fraction of sp³-hybridized carbons (Fsp3) is 0.526. The van der Waals surface area contributed by atoms with E-state index in [2.05, 4.69) is 53.2 Å². The molecule has 2 aromatic rings. The molecule has 2 heterocycles.